The Bertz CT molecular complexity index is 1430. The number of carbonyl (C=O) groups excluding carboxylic acids is 4. The van der Waals surface area contributed by atoms with Crippen molar-refractivity contribution in [2.75, 3.05) is 9.80 Å². The highest BCUT2D eigenvalue weighted by Gasteiger charge is 2.25. The molecule has 4 amide bonds. The van der Waals surface area contributed by atoms with Crippen LogP contribution in [0.5, 0.6) is 0 Å². The molecule has 0 bridgehead atoms. The first kappa shape index (κ1) is 29.6. The van der Waals surface area contributed by atoms with Crippen LogP contribution < -0.4 is 9.80 Å². The summed E-state index contributed by atoms with van der Waals surface area (Å²) in [5.74, 6) is -1.13. The third-order valence-electron chi connectivity index (χ3n) is 6.71. The topological polar surface area (TPSA) is 74.8 Å². The van der Waals surface area contributed by atoms with E-state index in [0.29, 0.717) is 11.4 Å². The van der Waals surface area contributed by atoms with E-state index in [1.165, 1.54) is 46.6 Å². The van der Waals surface area contributed by atoms with Crippen molar-refractivity contribution < 1.29 is 19.2 Å². The minimum Gasteiger partial charge on any atom is -0.269 e. The summed E-state index contributed by atoms with van der Waals surface area (Å²) in [6.07, 6.45) is 7.30. The van der Waals surface area contributed by atoms with Crippen molar-refractivity contribution in [2.45, 2.75) is 26.7 Å². The Morgan fingerprint density at radius 3 is 0.952 bits per heavy atom. The second-order valence-corrected chi connectivity index (χ2v) is 9.46. The predicted octanol–water partition coefficient (Wildman–Crippen LogP) is 6.71. The zero-order valence-corrected chi connectivity index (χ0v) is 23.6. The van der Waals surface area contributed by atoms with E-state index in [1.54, 1.807) is 48.5 Å². The smallest absolute Gasteiger partial charge is 0.258 e. The van der Waals surface area contributed by atoms with Crippen molar-refractivity contribution in [1.29, 1.82) is 0 Å². The molecule has 6 nitrogen and oxygen atoms in total. The highest BCUT2D eigenvalue weighted by Crippen LogP contribution is 2.21. The number of benzene rings is 4. The molecule has 4 aromatic rings. The number of rotatable bonds is 5. The Balaban J connectivity index is 0.000000146. The number of nitrogens with zero attached hydrogens (tertiary/aromatic N) is 2. The van der Waals surface area contributed by atoms with Crippen molar-refractivity contribution in [1.82, 2.24) is 0 Å². The van der Waals surface area contributed by atoms with E-state index in [0.717, 1.165) is 22.6 Å². The summed E-state index contributed by atoms with van der Waals surface area (Å²) in [6, 6.07) is 35.4. The lowest BCUT2D eigenvalue weighted by atomic mass is 10.0. The summed E-state index contributed by atoms with van der Waals surface area (Å²) in [7, 11) is 0. The number of aryl methyl sites for hydroxylation is 2. The number of carbonyl (C=O) groups is 4. The van der Waals surface area contributed by atoms with E-state index in [-0.39, 0.29) is 23.6 Å². The molecule has 0 saturated carbocycles. The van der Waals surface area contributed by atoms with Gasteiger partial charge in [-0.15, -0.1) is 0 Å². The molecule has 0 radical (unpaired) electrons. The Morgan fingerprint density at radius 2 is 0.690 bits per heavy atom. The molecule has 2 heterocycles. The minimum absolute atomic E-state index is 0.281. The number of para-hydroxylation sites is 2. The van der Waals surface area contributed by atoms with Gasteiger partial charge in [0.05, 0.1) is 11.4 Å². The average Bonchev–Trinajstić information content (AvgIpc) is 3.57. The SMILES string of the molecule is CCc1ccc(-c2ccc(CC)cc2)cc1.O=C1C=CC(=O)N1c1ccccc1.O=C1C=CC(=O)N1c1ccccc1. The van der Waals surface area contributed by atoms with Gasteiger partial charge in [-0.2, -0.15) is 0 Å². The summed E-state index contributed by atoms with van der Waals surface area (Å²) < 4.78 is 0. The second kappa shape index (κ2) is 14.3. The summed E-state index contributed by atoms with van der Waals surface area (Å²) in [4.78, 5) is 47.1. The van der Waals surface area contributed by atoms with Crippen LogP contribution >= 0.6 is 0 Å². The Hall–Kier alpha value is -5.36. The van der Waals surface area contributed by atoms with Crippen LogP contribution in [0.2, 0.25) is 0 Å². The van der Waals surface area contributed by atoms with Crippen molar-refractivity contribution in [2.24, 2.45) is 0 Å². The molecule has 6 heteroatoms. The maximum Gasteiger partial charge on any atom is 0.258 e. The van der Waals surface area contributed by atoms with E-state index in [2.05, 4.69) is 62.4 Å². The fourth-order valence-electron chi connectivity index (χ4n) is 4.33. The standard InChI is InChI=1S/C16H18.2C10H7NO2/c1-3-13-5-9-15(10-6-13)16-11-7-14(4-2)8-12-16;2*12-9-6-7-10(13)11(9)8-4-2-1-3-5-8/h5-12H,3-4H2,1-2H3;2*1-7H. The van der Waals surface area contributed by atoms with E-state index < -0.39 is 0 Å². The molecule has 42 heavy (non-hydrogen) atoms. The third-order valence-corrected chi connectivity index (χ3v) is 6.71. The molecule has 0 aromatic heterocycles. The summed E-state index contributed by atoms with van der Waals surface area (Å²) in [5, 5.41) is 0. The second-order valence-electron chi connectivity index (χ2n) is 9.46. The molecule has 0 N–H and O–H groups in total. The largest absolute Gasteiger partial charge is 0.269 e. The van der Waals surface area contributed by atoms with Gasteiger partial charge in [0.15, 0.2) is 0 Å². The maximum atomic E-state index is 11.2. The first-order valence-electron chi connectivity index (χ1n) is 13.8. The number of hydrogen-bond donors (Lipinski definition) is 0. The Kier molecular flexibility index (Phi) is 10.1. The quantitative estimate of drug-likeness (QED) is 0.256. The van der Waals surface area contributed by atoms with Gasteiger partial charge in [0.25, 0.3) is 23.6 Å². The van der Waals surface area contributed by atoms with Crippen molar-refractivity contribution >= 4 is 35.0 Å². The fraction of sp³-hybridized carbons (Fsp3) is 0.111. The first-order valence-corrected chi connectivity index (χ1v) is 13.8. The molecule has 0 spiro atoms. The Labute approximate surface area is 246 Å². The molecule has 0 atom stereocenters. The van der Waals surface area contributed by atoms with Gasteiger partial charge in [-0.25, -0.2) is 9.80 Å². The number of hydrogen-bond acceptors (Lipinski definition) is 4. The molecule has 0 saturated heterocycles. The molecule has 4 aromatic carbocycles. The zero-order chi connectivity index (χ0) is 29.9. The van der Waals surface area contributed by atoms with Gasteiger partial charge in [0.2, 0.25) is 0 Å². The highest BCUT2D eigenvalue weighted by molar-refractivity contribution is 6.28. The predicted molar refractivity (Wildman–Crippen MR) is 167 cm³/mol. The molecular formula is C36H32N2O4. The fourth-order valence-corrected chi connectivity index (χ4v) is 4.33. The molecule has 0 aliphatic carbocycles. The normalized spacial score (nSPS) is 13.6. The number of amides is 4. The number of anilines is 2. The zero-order valence-electron chi connectivity index (χ0n) is 23.6. The molecule has 2 aliphatic heterocycles. The number of imide groups is 2. The van der Waals surface area contributed by atoms with Crippen LogP contribution in [0.1, 0.15) is 25.0 Å². The van der Waals surface area contributed by atoms with Crippen molar-refractivity contribution in [3.8, 4) is 11.1 Å². The van der Waals surface area contributed by atoms with Gasteiger partial charge in [0.1, 0.15) is 0 Å². The molecule has 0 unspecified atom stereocenters. The molecule has 6 rings (SSSR count). The Morgan fingerprint density at radius 1 is 0.405 bits per heavy atom. The first-order chi connectivity index (χ1) is 20.4. The van der Waals surface area contributed by atoms with Gasteiger partial charge >= 0.3 is 0 Å². The minimum atomic E-state index is -0.281. The van der Waals surface area contributed by atoms with Crippen molar-refractivity contribution in [3.05, 3.63) is 145 Å². The van der Waals surface area contributed by atoms with Gasteiger partial charge in [-0.05, 0) is 59.4 Å². The van der Waals surface area contributed by atoms with Crippen LogP contribution in [-0.2, 0) is 32.0 Å². The lowest BCUT2D eigenvalue weighted by molar-refractivity contribution is -0.121. The average molecular weight is 557 g/mol. The summed E-state index contributed by atoms with van der Waals surface area (Å²) >= 11 is 0. The molecule has 210 valence electrons. The monoisotopic (exact) mass is 556 g/mol. The van der Waals surface area contributed by atoms with Crippen LogP contribution in [0.25, 0.3) is 11.1 Å². The maximum absolute atomic E-state index is 11.2. The summed E-state index contributed by atoms with van der Waals surface area (Å²) in [5.41, 5.74) is 6.63. The molecule has 2 aliphatic rings. The van der Waals surface area contributed by atoms with Crippen LogP contribution in [0.15, 0.2) is 133 Å². The van der Waals surface area contributed by atoms with Gasteiger partial charge < -0.3 is 0 Å². The van der Waals surface area contributed by atoms with Crippen molar-refractivity contribution in [3.63, 3.8) is 0 Å². The van der Waals surface area contributed by atoms with Gasteiger partial charge in [-0.1, -0.05) is 98.8 Å². The molecular weight excluding hydrogens is 524 g/mol. The van der Waals surface area contributed by atoms with Crippen LogP contribution in [0.4, 0.5) is 11.4 Å². The van der Waals surface area contributed by atoms with Gasteiger partial charge in [0, 0.05) is 24.3 Å². The van der Waals surface area contributed by atoms with E-state index in [1.807, 2.05) is 12.1 Å². The van der Waals surface area contributed by atoms with Crippen LogP contribution in [0.3, 0.4) is 0 Å². The lowest BCUT2D eigenvalue weighted by Crippen LogP contribution is -2.29. The molecule has 0 fully saturated rings. The summed E-state index contributed by atoms with van der Waals surface area (Å²) in [6.45, 7) is 4.37. The third kappa shape index (κ3) is 7.43. The van der Waals surface area contributed by atoms with E-state index >= 15 is 0 Å². The van der Waals surface area contributed by atoms with E-state index in [9.17, 15) is 19.2 Å². The highest BCUT2D eigenvalue weighted by atomic mass is 16.2. The van der Waals surface area contributed by atoms with Gasteiger partial charge in [-0.3, -0.25) is 19.2 Å². The van der Waals surface area contributed by atoms with Crippen LogP contribution in [0, 0.1) is 0 Å². The van der Waals surface area contributed by atoms with Crippen LogP contribution in [-0.4, -0.2) is 23.6 Å². The van der Waals surface area contributed by atoms with E-state index in [4.69, 9.17) is 0 Å². The lowest BCUT2D eigenvalue weighted by Gasteiger charge is -2.12.